The normalized spacial score (nSPS) is 15.6. The predicted octanol–water partition coefficient (Wildman–Crippen LogP) is 3.88. The highest BCUT2D eigenvalue weighted by Crippen LogP contribution is 2.20. The number of halogens is 2. The SMILES string of the molecule is CCN(C(=O)Cc1ccc(S(C)(=O)=O)cc1)C1CCN(CCC(N)c2ccccc2)CC1.Cl.Cl. The van der Waals surface area contributed by atoms with Crippen LogP contribution in [0.15, 0.2) is 59.5 Å². The van der Waals surface area contributed by atoms with Crippen molar-refractivity contribution < 1.29 is 13.2 Å². The Morgan fingerprint density at radius 3 is 2.18 bits per heavy atom. The first kappa shape index (κ1) is 30.4. The van der Waals surface area contributed by atoms with E-state index in [1.165, 1.54) is 11.8 Å². The number of hydrogen-bond acceptors (Lipinski definition) is 5. The van der Waals surface area contributed by atoms with Gasteiger partial charge in [-0.25, -0.2) is 8.42 Å². The number of amides is 1. The van der Waals surface area contributed by atoms with Gasteiger partial charge in [0.2, 0.25) is 5.91 Å². The molecule has 1 atom stereocenters. The van der Waals surface area contributed by atoms with Gasteiger partial charge in [0.15, 0.2) is 9.84 Å². The molecule has 0 spiro atoms. The van der Waals surface area contributed by atoms with E-state index in [4.69, 9.17) is 5.73 Å². The third kappa shape index (κ3) is 8.54. The zero-order chi connectivity index (χ0) is 23.1. The Bertz CT molecular complexity index is 980. The molecule has 6 nitrogen and oxygen atoms in total. The maximum absolute atomic E-state index is 13.0. The van der Waals surface area contributed by atoms with Gasteiger partial charge in [0, 0.05) is 38.0 Å². The summed E-state index contributed by atoms with van der Waals surface area (Å²) in [6, 6.07) is 17.1. The molecule has 190 valence electrons. The van der Waals surface area contributed by atoms with E-state index in [9.17, 15) is 13.2 Å². The van der Waals surface area contributed by atoms with E-state index >= 15 is 0 Å². The van der Waals surface area contributed by atoms with Crippen molar-refractivity contribution >= 4 is 40.6 Å². The van der Waals surface area contributed by atoms with Crippen LogP contribution >= 0.6 is 24.8 Å². The molecule has 1 fully saturated rings. The van der Waals surface area contributed by atoms with Gasteiger partial charge in [-0.2, -0.15) is 0 Å². The van der Waals surface area contributed by atoms with Crippen molar-refractivity contribution in [1.29, 1.82) is 0 Å². The molecule has 9 heteroatoms. The van der Waals surface area contributed by atoms with E-state index in [1.54, 1.807) is 24.3 Å². The number of rotatable bonds is 9. The Morgan fingerprint density at radius 1 is 1.06 bits per heavy atom. The lowest BCUT2D eigenvalue weighted by atomic mass is 10.00. The summed E-state index contributed by atoms with van der Waals surface area (Å²) in [6.45, 7) is 5.62. The Kier molecular flexibility index (Phi) is 12.6. The zero-order valence-corrected chi connectivity index (χ0v) is 22.4. The summed E-state index contributed by atoms with van der Waals surface area (Å²) < 4.78 is 23.2. The molecule has 0 aromatic heterocycles. The standard InChI is InChI=1S/C25H35N3O3S.2ClH/c1-3-28(25(29)19-20-9-11-23(12-10-20)32(2,30)31)22-13-16-27(17-14-22)18-15-24(26)21-7-5-4-6-8-21;;/h4-12,22,24H,3,13-19,26H2,1-2H3;2*1H. The second-order valence-electron chi connectivity index (χ2n) is 8.65. The smallest absolute Gasteiger partial charge is 0.227 e. The van der Waals surface area contributed by atoms with Gasteiger partial charge in [0.25, 0.3) is 0 Å². The molecule has 0 radical (unpaired) electrons. The molecule has 1 amide bonds. The van der Waals surface area contributed by atoms with Crippen LogP contribution in [0.5, 0.6) is 0 Å². The molecule has 2 N–H and O–H groups in total. The van der Waals surface area contributed by atoms with Gasteiger partial charge < -0.3 is 15.5 Å². The first-order valence-electron chi connectivity index (χ1n) is 11.4. The fraction of sp³-hybridized carbons (Fsp3) is 0.480. The van der Waals surface area contributed by atoms with Crippen molar-refractivity contribution in [2.24, 2.45) is 5.73 Å². The average molecular weight is 531 g/mol. The zero-order valence-electron chi connectivity index (χ0n) is 19.9. The van der Waals surface area contributed by atoms with Gasteiger partial charge in [0.05, 0.1) is 11.3 Å². The Hall–Kier alpha value is -1.64. The summed E-state index contributed by atoms with van der Waals surface area (Å²) in [4.78, 5) is 17.7. The maximum atomic E-state index is 13.0. The highest BCUT2D eigenvalue weighted by Gasteiger charge is 2.27. The van der Waals surface area contributed by atoms with Gasteiger partial charge in [-0.1, -0.05) is 42.5 Å². The van der Waals surface area contributed by atoms with E-state index in [0.29, 0.717) is 13.0 Å². The largest absolute Gasteiger partial charge is 0.340 e. The van der Waals surface area contributed by atoms with Gasteiger partial charge in [-0.3, -0.25) is 4.79 Å². The van der Waals surface area contributed by atoms with Crippen LogP contribution in [0.4, 0.5) is 0 Å². The molecule has 0 saturated carbocycles. The Morgan fingerprint density at radius 2 is 1.65 bits per heavy atom. The molecule has 1 heterocycles. The number of hydrogen-bond donors (Lipinski definition) is 1. The molecule has 1 saturated heterocycles. The number of sulfone groups is 1. The molecule has 34 heavy (non-hydrogen) atoms. The average Bonchev–Trinajstić information content (AvgIpc) is 2.79. The second kappa shape index (κ2) is 14.0. The molecule has 2 aromatic rings. The van der Waals surface area contributed by atoms with Crippen molar-refractivity contribution in [1.82, 2.24) is 9.80 Å². The summed E-state index contributed by atoms with van der Waals surface area (Å²) in [6.07, 6.45) is 4.34. The minimum atomic E-state index is -3.23. The van der Waals surface area contributed by atoms with Gasteiger partial charge >= 0.3 is 0 Å². The van der Waals surface area contributed by atoms with E-state index < -0.39 is 9.84 Å². The van der Waals surface area contributed by atoms with Gasteiger partial charge in [-0.15, -0.1) is 24.8 Å². The minimum absolute atomic E-state index is 0. The lowest BCUT2D eigenvalue weighted by Gasteiger charge is -2.38. The highest BCUT2D eigenvalue weighted by molar-refractivity contribution is 7.90. The Labute approximate surface area is 216 Å². The number of carbonyl (C=O) groups excluding carboxylic acids is 1. The molecular weight excluding hydrogens is 493 g/mol. The Balaban J connectivity index is 0.00000289. The van der Waals surface area contributed by atoms with E-state index in [0.717, 1.165) is 44.5 Å². The first-order valence-corrected chi connectivity index (χ1v) is 13.3. The fourth-order valence-corrected chi connectivity index (χ4v) is 5.04. The van der Waals surface area contributed by atoms with Crippen molar-refractivity contribution in [2.75, 3.05) is 32.4 Å². The maximum Gasteiger partial charge on any atom is 0.227 e. The topological polar surface area (TPSA) is 83.7 Å². The molecule has 1 aliphatic heterocycles. The fourth-order valence-electron chi connectivity index (χ4n) is 4.41. The van der Waals surface area contributed by atoms with Crippen LogP contribution in [-0.2, 0) is 21.1 Å². The first-order chi connectivity index (χ1) is 15.3. The molecule has 3 rings (SSSR count). The summed E-state index contributed by atoms with van der Waals surface area (Å²) in [5.74, 6) is 0.101. The molecule has 0 aliphatic carbocycles. The number of nitrogens with two attached hydrogens (primary N) is 1. The number of nitrogens with zero attached hydrogens (tertiary/aromatic N) is 2. The number of benzene rings is 2. The van der Waals surface area contributed by atoms with Crippen LogP contribution < -0.4 is 5.73 Å². The molecular formula is C25H37Cl2N3O3S. The van der Waals surface area contributed by atoms with E-state index in [2.05, 4.69) is 17.0 Å². The van der Waals surface area contributed by atoms with Crippen LogP contribution in [0.1, 0.15) is 43.4 Å². The number of piperidine rings is 1. The van der Waals surface area contributed by atoms with Crippen LogP contribution in [0.2, 0.25) is 0 Å². The molecule has 1 unspecified atom stereocenters. The summed E-state index contributed by atoms with van der Waals surface area (Å²) in [5, 5.41) is 0. The lowest BCUT2D eigenvalue weighted by molar-refractivity contribution is -0.133. The van der Waals surface area contributed by atoms with Crippen molar-refractivity contribution in [3.8, 4) is 0 Å². The number of likely N-dealkylation sites (N-methyl/N-ethyl adjacent to an activating group) is 1. The van der Waals surface area contributed by atoms with Crippen molar-refractivity contribution in [3.63, 3.8) is 0 Å². The van der Waals surface area contributed by atoms with Crippen molar-refractivity contribution in [3.05, 3.63) is 65.7 Å². The monoisotopic (exact) mass is 529 g/mol. The molecule has 0 bridgehead atoms. The van der Waals surface area contributed by atoms with Crippen LogP contribution in [-0.4, -0.2) is 62.6 Å². The third-order valence-corrected chi connectivity index (χ3v) is 7.48. The summed E-state index contributed by atoms with van der Waals surface area (Å²) >= 11 is 0. The third-order valence-electron chi connectivity index (χ3n) is 6.35. The van der Waals surface area contributed by atoms with Crippen LogP contribution in [0.3, 0.4) is 0 Å². The van der Waals surface area contributed by atoms with Crippen LogP contribution in [0, 0.1) is 0 Å². The van der Waals surface area contributed by atoms with Gasteiger partial charge in [-0.05, 0) is 56.0 Å². The van der Waals surface area contributed by atoms with Gasteiger partial charge in [0.1, 0.15) is 0 Å². The number of carbonyl (C=O) groups is 1. The lowest BCUT2D eigenvalue weighted by Crippen LogP contribution is -2.48. The second-order valence-corrected chi connectivity index (χ2v) is 10.7. The van der Waals surface area contributed by atoms with E-state index in [1.807, 2.05) is 30.0 Å². The van der Waals surface area contributed by atoms with Crippen molar-refractivity contribution in [2.45, 2.75) is 49.6 Å². The minimum Gasteiger partial charge on any atom is -0.340 e. The van der Waals surface area contributed by atoms with E-state index in [-0.39, 0.29) is 47.7 Å². The summed E-state index contributed by atoms with van der Waals surface area (Å²) in [7, 11) is -3.23. The highest BCUT2D eigenvalue weighted by atomic mass is 35.5. The predicted molar refractivity (Wildman–Crippen MR) is 143 cm³/mol. The molecule has 2 aromatic carbocycles. The molecule has 1 aliphatic rings. The quantitative estimate of drug-likeness (QED) is 0.532. The number of likely N-dealkylation sites (tertiary alicyclic amines) is 1. The summed E-state index contributed by atoms with van der Waals surface area (Å²) in [5.41, 5.74) is 8.36. The van der Waals surface area contributed by atoms with Crippen LogP contribution in [0.25, 0.3) is 0 Å².